The Morgan fingerprint density at radius 3 is 2.32 bits per heavy atom. The van der Waals surface area contributed by atoms with Gasteiger partial charge in [0.2, 0.25) is 17.2 Å². The van der Waals surface area contributed by atoms with E-state index in [9.17, 15) is 13.2 Å². The molecule has 3 rings (SSSR count). The quantitative estimate of drug-likeness (QED) is 0.621. The topological polar surface area (TPSA) is 129 Å². The van der Waals surface area contributed by atoms with Crippen LogP contribution in [0.1, 0.15) is 51.9 Å². The summed E-state index contributed by atoms with van der Waals surface area (Å²) in [5.41, 5.74) is 0.615. The van der Waals surface area contributed by atoms with E-state index in [0.717, 1.165) is 10.8 Å². The number of hydrogen-bond donors (Lipinski definition) is 3. The summed E-state index contributed by atoms with van der Waals surface area (Å²) in [6, 6.07) is 6.16. The molecule has 0 saturated heterocycles. The van der Waals surface area contributed by atoms with Gasteiger partial charge in [-0.25, -0.2) is 4.31 Å². The maximum atomic E-state index is 12.0. The molecule has 1 amide bonds. The summed E-state index contributed by atoms with van der Waals surface area (Å²) in [6.45, 7) is 12.1. The highest BCUT2D eigenvalue weighted by atomic mass is 35.5. The van der Waals surface area contributed by atoms with Crippen LogP contribution in [-0.2, 0) is 10.2 Å². The van der Waals surface area contributed by atoms with Gasteiger partial charge in [-0.15, -0.1) is 0 Å². The fourth-order valence-electron chi connectivity index (χ4n) is 2.67. The van der Waals surface area contributed by atoms with Gasteiger partial charge < -0.3 is 10.6 Å². The van der Waals surface area contributed by atoms with Crippen molar-refractivity contribution in [2.24, 2.45) is 0 Å². The third kappa shape index (κ3) is 6.66. The molecule has 0 bridgehead atoms. The first-order valence-electron chi connectivity index (χ1n) is 9.73. The molecule has 2 aromatic rings. The molecule has 1 aliphatic heterocycles. The first kappa shape index (κ1) is 24.6. The van der Waals surface area contributed by atoms with E-state index < -0.39 is 22.2 Å². The lowest BCUT2D eigenvalue weighted by Gasteiger charge is -2.31. The van der Waals surface area contributed by atoms with Crippen LogP contribution in [0, 0.1) is 0 Å². The summed E-state index contributed by atoms with van der Waals surface area (Å²) in [4.78, 5) is 24.1. The predicted octanol–water partition coefficient (Wildman–Crippen LogP) is 3.37. The Bertz CT molecular complexity index is 1040. The SMILES string of the molecule is CC(C)N1C(=O)c2ccccc2NS1(=O)=O.CCNc1nc(Cl)nc(NC(C)(C)C)n1. The van der Waals surface area contributed by atoms with Crippen LogP contribution >= 0.6 is 11.6 Å². The van der Waals surface area contributed by atoms with Gasteiger partial charge in [0.25, 0.3) is 5.91 Å². The highest BCUT2D eigenvalue weighted by Gasteiger charge is 2.36. The molecule has 1 aromatic carbocycles. The van der Waals surface area contributed by atoms with Gasteiger partial charge in [-0.2, -0.15) is 23.4 Å². The van der Waals surface area contributed by atoms with Gasteiger partial charge in [0.1, 0.15) is 0 Å². The molecular formula is C19H28ClN7O3S. The second kappa shape index (κ2) is 9.65. The number of nitrogens with zero attached hydrogens (tertiary/aromatic N) is 4. The highest BCUT2D eigenvalue weighted by molar-refractivity contribution is 7.91. The van der Waals surface area contributed by atoms with Crippen molar-refractivity contribution in [1.82, 2.24) is 19.3 Å². The molecule has 0 atom stereocenters. The largest absolute Gasteiger partial charge is 0.354 e. The molecule has 0 unspecified atom stereocenters. The van der Waals surface area contributed by atoms with Gasteiger partial charge >= 0.3 is 10.2 Å². The van der Waals surface area contributed by atoms with Gasteiger partial charge in [-0.3, -0.25) is 9.52 Å². The summed E-state index contributed by atoms with van der Waals surface area (Å²) in [6.07, 6.45) is 0. The Morgan fingerprint density at radius 2 is 1.74 bits per heavy atom. The molecular weight excluding hydrogens is 442 g/mol. The Hall–Kier alpha value is -2.66. The molecule has 3 N–H and O–H groups in total. The van der Waals surface area contributed by atoms with E-state index in [1.54, 1.807) is 38.1 Å². The number of amides is 1. The summed E-state index contributed by atoms with van der Waals surface area (Å²) in [5, 5.41) is 6.31. The van der Waals surface area contributed by atoms with Crippen molar-refractivity contribution in [1.29, 1.82) is 0 Å². The van der Waals surface area contributed by atoms with Crippen molar-refractivity contribution in [2.45, 2.75) is 53.1 Å². The first-order chi connectivity index (χ1) is 14.3. The number of carbonyl (C=O) groups excluding carboxylic acids is 1. The zero-order valence-electron chi connectivity index (χ0n) is 18.4. The second-order valence-corrected chi connectivity index (χ2v) is 9.89. The van der Waals surface area contributed by atoms with Crippen LogP contribution in [-0.4, -0.2) is 51.7 Å². The predicted molar refractivity (Wildman–Crippen MR) is 123 cm³/mol. The van der Waals surface area contributed by atoms with E-state index >= 15 is 0 Å². The third-order valence-electron chi connectivity index (χ3n) is 3.75. The Labute approximate surface area is 188 Å². The number of aromatic nitrogens is 3. The Balaban J connectivity index is 0.000000221. The van der Waals surface area contributed by atoms with Gasteiger partial charge in [0.05, 0.1) is 11.3 Å². The summed E-state index contributed by atoms with van der Waals surface area (Å²) in [5.74, 6) is 0.493. The second-order valence-electron chi connectivity index (χ2n) is 8.00. The van der Waals surface area contributed by atoms with E-state index in [-0.39, 0.29) is 10.8 Å². The molecule has 1 aromatic heterocycles. The maximum Gasteiger partial charge on any atom is 0.326 e. The number of carbonyl (C=O) groups is 1. The number of rotatable bonds is 4. The minimum atomic E-state index is -3.75. The lowest BCUT2D eigenvalue weighted by molar-refractivity contribution is 0.0834. The summed E-state index contributed by atoms with van der Waals surface area (Å²) < 4.78 is 26.8. The minimum absolute atomic E-state index is 0.103. The molecule has 0 spiro atoms. The average molecular weight is 470 g/mol. The number of anilines is 3. The van der Waals surface area contributed by atoms with Crippen LogP contribution in [0.3, 0.4) is 0 Å². The number of halogens is 1. The van der Waals surface area contributed by atoms with Gasteiger partial charge in [-0.1, -0.05) is 12.1 Å². The smallest absolute Gasteiger partial charge is 0.326 e. The molecule has 31 heavy (non-hydrogen) atoms. The fraction of sp³-hybridized carbons (Fsp3) is 0.474. The number of nitrogens with one attached hydrogen (secondary N) is 3. The van der Waals surface area contributed by atoms with E-state index in [1.165, 1.54) is 0 Å². The van der Waals surface area contributed by atoms with E-state index in [1.807, 2.05) is 27.7 Å². The van der Waals surface area contributed by atoms with Crippen LogP contribution in [0.4, 0.5) is 17.6 Å². The van der Waals surface area contributed by atoms with Crippen molar-refractivity contribution in [3.05, 3.63) is 35.1 Å². The Morgan fingerprint density at radius 1 is 1.13 bits per heavy atom. The average Bonchev–Trinajstić information content (AvgIpc) is 2.59. The fourth-order valence-corrected chi connectivity index (χ4v) is 4.25. The minimum Gasteiger partial charge on any atom is -0.354 e. The van der Waals surface area contributed by atoms with E-state index in [4.69, 9.17) is 11.6 Å². The zero-order chi connectivity index (χ0) is 23.4. The standard InChI is InChI=1S/C10H12N2O3S.C9H16ClN5/c1-7(2)12-10(13)8-5-3-4-6-9(8)11-16(12,14)15;1-5-11-7-12-6(10)13-8(14-7)15-9(2,3)4/h3-7,11H,1-2H3;5H2,1-4H3,(H2,11,12,13,14,15). The van der Waals surface area contributed by atoms with Gasteiger partial charge in [0.15, 0.2) is 0 Å². The summed E-state index contributed by atoms with van der Waals surface area (Å²) >= 11 is 5.77. The lowest BCUT2D eigenvalue weighted by atomic mass is 10.1. The lowest BCUT2D eigenvalue weighted by Crippen LogP contribution is -2.48. The van der Waals surface area contributed by atoms with Crippen LogP contribution < -0.4 is 15.4 Å². The number of fused-ring (bicyclic) bond motifs is 1. The maximum absolute atomic E-state index is 12.0. The molecule has 12 heteroatoms. The Kier molecular flexibility index (Phi) is 7.66. The highest BCUT2D eigenvalue weighted by Crippen LogP contribution is 2.27. The van der Waals surface area contributed by atoms with Crippen LogP contribution in [0.25, 0.3) is 0 Å². The van der Waals surface area contributed by atoms with Crippen molar-refractivity contribution in [3.63, 3.8) is 0 Å². The monoisotopic (exact) mass is 469 g/mol. The van der Waals surface area contributed by atoms with E-state index in [2.05, 4.69) is 30.3 Å². The van der Waals surface area contributed by atoms with Crippen molar-refractivity contribution in [3.8, 4) is 0 Å². The molecule has 1 aliphatic rings. The third-order valence-corrected chi connectivity index (χ3v) is 5.51. The van der Waals surface area contributed by atoms with Crippen molar-refractivity contribution >= 4 is 45.3 Å². The van der Waals surface area contributed by atoms with Crippen molar-refractivity contribution < 1.29 is 13.2 Å². The zero-order valence-corrected chi connectivity index (χ0v) is 20.0. The molecule has 0 aliphatic carbocycles. The van der Waals surface area contributed by atoms with Gasteiger partial charge in [0, 0.05) is 18.1 Å². The van der Waals surface area contributed by atoms with Gasteiger partial charge in [-0.05, 0) is 65.3 Å². The van der Waals surface area contributed by atoms with Crippen LogP contribution in [0.2, 0.25) is 5.28 Å². The van der Waals surface area contributed by atoms with Crippen LogP contribution in [0.5, 0.6) is 0 Å². The number of hydrogen-bond acceptors (Lipinski definition) is 8. The molecule has 0 radical (unpaired) electrons. The normalized spacial score (nSPS) is 14.8. The summed E-state index contributed by atoms with van der Waals surface area (Å²) in [7, 11) is -3.75. The molecule has 0 fully saturated rings. The number of para-hydroxylation sites is 1. The van der Waals surface area contributed by atoms with Crippen LogP contribution in [0.15, 0.2) is 24.3 Å². The molecule has 170 valence electrons. The molecule has 10 nitrogen and oxygen atoms in total. The number of benzene rings is 1. The van der Waals surface area contributed by atoms with E-state index in [0.29, 0.717) is 23.1 Å². The van der Waals surface area contributed by atoms with Crippen molar-refractivity contribution in [2.75, 3.05) is 21.9 Å². The molecule has 2 heterocycles. The molecule has 0 saturated carbocycles. The first-order valence-corrected chi connectivity index (χ1v) is 11.5.